The lowest BCUT2D eigenvalue weighted by atomic mass is 10.1. The number of benzene rings is 1. The Morgan fingerprint density at radius 3 is 2.58 bits per heavy atom. The smallest absolute Gasteiger partial charge is 0.422 e. The van der Waals surface area contributed by atoms with E-state index in [0.717, 1.165) is 11.6 Å². The Balaban J connectivity index is 2.49. The van der Waals surface area contributed by atoms with Crippen LogP contribution in [0.4, 0.5) is 13.2 Å². The summed E-state index contributed by atoms with van der Waals surface area (Å²) in [4.78, 5) is 10.9. The highest BCUT2D eigenvalue weighted by Crippen LogP contribution is 2.39. The molecular weight excluding hydrogens is 277 g/mol. The second-order valence-electron chi connectivity index (χ2n) is 4.24. The van der Waals surface area contributed by atoms with E-state index in [-0.39, 0.29) is 4.70 Å². The Labute approximate surface area is 109 Å². The lowest BCUT2D eigenvalue weighted by Crippen LogP contribution is -2.00. The highest BCUT2D eigenvalue weighted by Gasteiger charge is 2.33. The molecule has 0 unspecified atom stereocenters. The number of halogens is 3. The molecule has 2 nitrogen and oxygen atoms in total. The molecule has 0 saturated carbocycles. The van der Waals surface area contributed by atoms with Gasteiger partial charge in [0.1, 0.15) is 15.2 Å². The van der Waals surface area contributed by atoms with Crippen molar-refractivity contribution < 1.29 is 17.6 Å². The van der Waals surface area contributed by atoms with E-state index in [1.807, 2.05) is 6.92 Å². The molecule has 3 aromatic rings. The molecule has 0 aliphatic carbocycles. The third-order valence-corrected chi connectivity index (χ3v) is 3.98. The van der Waals surface area contributed by atoms with Crippen LogP contribution < -0.4 is 5.63 Å². The number of hydrogen-bond acceptors (Lipinski definition) is 3. The van der Waals surface area contributed by atoms with Crippen LogP contribution in [0.25, 0.3) is 21.1 Å². The molecule has 19 heavy (non-hydrogen) atoms. The Morgan fingerprint density at radius 1 is 1.16 bits per heavy atom. The number of aryl methyl sites for hydroxylation is 1. The fourth-order valence-electron chi connectivity index (χ4n) is 1.97. The summed E-state index contributed by atoms with van der Waals surface area (Å²) >= 11 is 0.420. The molecule has 0 radical (unpaired) electrons. The van der Waals surface area contributed by atoms with Gasteiger partial charge in [0.2, 0.25) is 0 Å². The minimum Gasteiger partial charge on any atom is -0.422 e. The topological polar surface area (TPSA) is 30.2 Å². The highest BCUT2D eigenvalue weighted by atomic mass is 32.1. The minimum atomic E-state index is -4.45. The number of fused-ring (bicyclic) bond motifs is 3. The maximum Gasteiger partial charge on any atom is 0.425 e. The van der Waals surface area contributed by atoms with Crippen LogP contribution in [0, 0.1) is 6.92 Å². The second kappa shape index (κ2) is 3.84. The van der Waals surface area contributed by atoms with Gasteiger partial charge in [-0.05, 0) is 25.1 Å². The van der Waals surface area contributed by atoms with Gasteiger partial charge in [-0.3, -0.25) is 0 Å². The molecule has 1 aromatic carbocycles. The molecule has 0 bridgehead atoms. The van der Waals surface area contributed by atoms with E-state index < -0.39 is 16.7 Å². The van der Waals surface area contributed by atoms with Crippen molar-refractivity contribution in [3.8, 4) is 0 Å². The van der Waals surface area contributed by atoms with Crippen LogP contribution in [0.2, 0.25) is 0 Å². The fourth-order valence-corrected chi connectivity index (χ4v) is 2.89. The van der Waals surface area contributed by atoms with Crippen molar-refractivity contribution in [3.05, 3.63) is 45.1 Å². The van der Waals surface area contributed by atoms with Gasteiger partial charge in [-0.1, -0.05) is 11.6 Å². The maximum absolute atomic E-state index is 12.7. The third kappa shape index (κ3) is 1.92. The van der Waals surface area contributed by atoms with Crippen LogP contribution in [0.15, 0.2) is 33.5 Å². The summed E-state index contributed by atoms with van der Waals surface area (Å²) in [5.74, 6) is 0. The van der Waals surface area contributed by atoms with Crippen molar-refractivity contribution in [2.75, 3.05) is 0 Å². The van der Waals surface area contributed by atoms with Crippen LogP contribution in [0.1, 0.15) is 10.4 Å². The van der Waals surface area contributed by atoms with Gasteiger partial charge in [0.25, 0.3) is 0 Å². The van der Waals surface area contributed by atoms with Gasteiger partial charge < -0.3 is 4.42 Å². The SMILES string of the molecule is Cc1ccc2oc(=O)c3sc(C(F)(F)F)cc3c2c1. The molecule has 3 rings (SSSR count). The molecule has 0 N–H and O–H groups in total. The molecule has 0 amide bonds. The van der Waals surface area contributed by atoms with E-state index in [4.69, 9.17) is 4.42 Å². The molecule has 6 heteroatoms. The Bertz CT molecular complexity index is 843. The largest absolute Gasteiger partial charge is 0.425 e. The normalized spacial score (nSPS) is 12.4. The highest BCUT2D eigenvalue weighted by molar-refractivity contribution is 7.19. The van der Waals surface area contributed by atoms with Crippen molar-refractivity contribution in [2.24, 2.45) is 0 Å². The zero-order valence-electron chi connectivity index (χ0n) is 9.67. The van der Waals surface area contributed by atoms with Crippen molar-refractivity contribution in [3.63, 3.8) is 0 Å². The summed E-state index contributed by atoms with van der Waals surface area (Å²) in [7, 11) is 0. The summed E-state index contributed by atoms with van der Waals surface area (Å²) in [6, 6.07) is 6.07. The summed E-state index contributed by atoms with van der Waals surface area (Å²) < 4.78 is 43.2. The monoisotopic (exact) mass is 284 g/mol. The first-order valence-electron chi connectivity index (χ1n) is 5.40. The van der Waals surface area contributed by atoms with Crippen molar-refractivity contribution >= 4 is 32.4 Å². The zero-order chi connectivity index (χ0) is 13.8. The molecule has 0 aliphatic rings. The summed E-state index contributed by atoms with van der Waals surface area (Å²) in [5, 5.41) is 0.827. The number of hydrogen-bond donors (Lipinski definition) is 0. The van der Waals surface area contributed by atoms with Crippen molar-refractivity contribution in [2.45, 2.75) is 13.1 Å². The molecule has 0 aliphatic heterocycles. The Morgan fingerprint density at radius 2 is 1.89 bits per heavy atom. The van der Waals surface area contributed by atoms with Crippen LogP contribution in [-0.2, 0) is 6.18 Å². The van der Waals surface area contributed by atoms with Crippen molar-refractivity contribution in [1.82, 2.24) is 0 Å². The van der Waals surface area contributed by atoms with Gasteiger partial charge in [-0.2, -0.15) is 13.2 Å². The van der Waals surface area contributed by atoms with E-state index in [0.29, 0.717) is 27.7 Å². The molecule has 0 saturated heterocycles. The first kappa shape index (κ1) is 12.2. The van der Waals surface area contributed by atoms with E-state index in [2.05, 4.69) is 0 Å². The van der Waals surface area contributed by atoms with Crippen molar-refractivity contribution in [1.29, 1.82) is 0 Å². The minimum absolute atomic E-state index is 0.00502. The molecule has 0 atom stereocenters. The van der Waals surface area contributed by atoms with E-state index in [1.165, 1.54) is 0 Å². The van der Waals surface area contributed by atoms with Gasteiger partial charge in [-0.15, -0.1) is 11.3 Å². The average Bonchev–Trinajstić information content (AvgIpc) is 2.76. The lowest BCUT2D eigenvalue weighted by Gasteiger charge is -2.00. The molecule has 98 valence electrons. The van der Waals surface area contributed by atoms with E-state index >= 15 is 0 Å². The molecule has 2 heterocycles. The first-order valence-corrected chi connectivity index (χ1v) is 6.22. The predicted molar refractivity (Wildman–Crippen MR) is 67.6 cm³/mol. The van der Waals surface area contributed by atoms with Gasteiger partial charge in [0.15, 0.2) is 0 Å². The zero-order valence-corrected chi connectivity index (χ0v) is 10.5. The van der Waals surface area contributed by atoms with Crippen LogP contribution in [0.5, 0.6) is 0 Å². The summed E-state index contributed by atoms with van der Waals surface area (Å²) in [6.07, 6.45) is -4.45. The fraction of sp³-hybridized carbons (Fsp3) is 0.154. The lowest BCUT2D eigenvalue weighted by molar-refractivity contribution is -0.134. The van der Waals surface area contributed by atoms with Gasteiger partial charge in [0.05, 0.1) is 0 Å². The Hall–Kier alpha value is -1.82. The molecule has 2 aromatic heterocycles. The Kier molecular flexibility index (Phi) is 2.47. The van der Waals surface area contributed by atoms with Crippen LogP contribution in [-0.4, -0.2) is 0 Å². The van der Waals surface area contributed by atoms with E-state index in [1.54, 1.807) is 18.2 Å². The predicted octanol–water partition coefficient (Wildman–Crippen LogP) is 4.33. The summed E-state index contributed by atoms with van der Waals surface area (Å²) in [5.41, 5.74) is 0.462. The second-order valence-corrected chi connectivity index (χ2v) is 5.29. The molecular formula is C13H7F3O2S. The third-order valence-electron chi connectivity index (χ3n) is 2.82. The van der Waals surface area contributed by atoms with E-state index in [9.17, 15) is 18.0 Å². The maximum atomic E-state index is 12.7. The molecule has 0 spiro atoms. The number of thiophene rings is 1. The van der Waals surface area contributed by atoms with Crippen LogP contribution in [0.3, 0.4) is 0 Å². The quantitative estimate of drug-likeness (QED) is 0.575. The first-order chi connectivity index (χ1) is 8.86. The van der Waals surface area contributed by atoms with Gasteiger partial charge in [0, 0.05) is 10.8 Å². The summed E-state index contributed by atoms with van der Waals surface area (Å²) in [6.45, 7) is 1.83. The van der Waals surface area contributed by atoms with Crippen LogP contribution >= 0.6 is 11.3 Å². The standard InChI is InChI=1S/C13H7F3O2S/c1-6-2-3-9-7(4-6)8-5-10(13(14,15)16)19-11(8)12(17)18-9/h2-5H,1H3. The van der Waals surface area contributed by atoms with Gasteiger partial charge >= 0.3 is 11.8 Å². The van der Waals surface area contributed by atoms with Gasteiger partial charge in [-0.25, -0.2) is 4.79 Å². The average molecular weight is 284 g/mol. The number of alkyl halides is 3. The molecule has 0 fully saturated rings. The number of rotatable bonds is 0.